The summed E-state index contributed by atoms with van der Waals surface area (Å²) in [5.74, 6) is -0.322. The molecule has 130 valence electrons. The van der Waals surface area contributed by atoms with Crippen molar-refractivity contribution in [2.75, 3.05) is 44.2 Å². The van der Waals surface area contributed by atoms with Crippen LogP contribution in [0.1, 0.15) is 23.0 Å². The van der Waals surface area contributed by atoms with Gasteiger partial charge in [0.15, 0.2) is 11.3 Å². The van der Waals surface area contributed by atoms with Crippen LogP contribution in [0.15, 0.2) is 0 Å². The molecule has 0 unspecified atom stereocenters. The zero-order chi connectivity index (χ0) is 17.3. The van der Waals surface area contributed by atoms with Gasteiger partial charge in [0.2, 0.25) is 0 Å². The molecule has 1 fully saturated rings. The number of aromatic carboxylic acids is 1. The molecule has 2 aromatic rings. The first-order chi connectivity index (χ1) is 11.6. The lowest BCUT2D eigenvalue weighted by Crippen LogP contribution is -2.47. The van der Waals surface area contributed by atoms with Crippen LogP contribution in [-0.2, 0) is 6.54 Å². The number of β-amino-alcohol motifs (C(OH)–C–C–N with tert-alkyl or cyclic N) is 1. The standard InChI is InChI=1S/C15H22N6O3/c1-3-21-13-11(15(23)24)10(2)16-14(12(13)17-18-21)20-6-4-19(5-7-20)8-9-22/h22H,3-9H2,1-2H3,(H,23,24). The largest absolute Gasteiger partial charge is 0.478 e. The summed E-state index contributed by atoms with van der Waals surface area (Å²) in [6.45, 7) is 8.14. The summed E-state index contributed by atoms with van der Waals surface area (Å²) in [5.41, 5.74) is 1.71. The Labute approximate surface area is 139 Å². The van der Waals surface area contributed by atoms with Crippen molar-refractivity contribution in [2.24, 2.45) is 0 Å². The number of aliphatic hydroxyl groups excluding tert-OH is 1. The van der Waals surface area contributed by atoms with Crippen LogP contribution in [0.3, 0.4) is 0 Å². The molecule has 9 heteroatoms. The summed E-state index contributed by atoms with van der Waals surface area (Å²) in [6.07, 6.45) is 0. The quantitative estimate of drug-likeness (QED) is 0.785. The van der Waals surface area contributed by atoms with Gasteiger partial charge in [0.05, 0.1) is 12.3 Å². The first-order valence-corrected chi connectivity index (χ1v) is 8.12. The van der Waals surface area contributed by atoms with Crippen molar-refractivity contribution in [3.8, 4) is 0 Å². The maximum atomic E-state index is 11.7. The Balaban J connectivity index is 2.02. The average molecular weight is 334 g/mol. The Hall–Kier alpha value is -2.26. The van der Waals surface area contributed by atoms with Crippen molar-refractivity contribution in [1.82, 2.24) is 24.9 Å². The molecule has 0 radical (unpaired) electrons. The third-order valence-corrected chi connectivity index (χ3v) is 4.42. The number of anilines is 1. The van der Waals surface area contributed by atoms with E-state index in [0.29, 0.717) is 35.6 Å². The first kappa shape index (κ1) is 16.6. The number of carboxylic acids is 1. The zero-order valence-corrected chi connectivity index (χ0v) is 13.9. The van der Waals surface area contributed by atoms with Crippen molar-refractivity contribution in [3.63, 3.8) is 0 Å². The lowest BCUT2D eigenvalue weighted by molar-refractivity contribution is 0.0697. The number of aryl methyl sites for hydroxylation is 2. The number of aromatic nitrogens is 4. The fourth-order valence-corrected chi connectivity index (χ4v) is 3.17. The molecule has 9 nitrogen and oxygen atoms in total. The summed E-state index contributed by atoms with van der Waals surface area (Å²) in [4.78, 5) is 20.5. The SMILES string of the molecule is CCn1nnc2c(N3CCN(CCO)CC3)nc(C)c(C(=O)O)c21. The van der Waals surface area contributed by atoms with E-state index in [1.54, 1.807) is 11.6 Å². The van der Waals surface area contributed by atoms with Gasteiger partial charge in [-0.3, -0.25) is 4.90 Å². The van der Waals surface area contributed by atoms with Gasteiger partial charge in [-0.1, -0.05) is 5.21 Å². The van der Waals surface area contributed by atoms with Gasteiger partial charge >= 0.3 is 5.97 Å². The van der Waals surface area contributed by atoms with E-state index in [9.17, 15) is 9.90 Å². The summed E-state index contributed by atoms with van der Waals surface area (Å²) >= 11 is 0. The number of fused-ring (bicyclic) bond motifs is 1. The monoisotopic (exact) mass is 334 g/mol. The summed E-state index contributed by atoms with van der Waals surface area (Å²) in [6, 6.07) is 0. The molecule has 0 amide bonds. The molecule has 0 atom stereocenters. The molecule has 24 heavy (non-hydrogen) atoms. The van der Waals surface area contributed by atoms with Crippen LogP contribution in [0.5, 0.6) is 0 Å². The van der Waals surface area contributed by atoms with Crippen LogP contribution >= 0.6 is 0 Å². The van der Waals surface area contributed by atoms with Gasteiger partial charge in [-0.15, -0.1) is 5.10 Å². The molecule has 3 rings (SSSR count). The molecule has 1 saturated heterocycles. The Morgan fingerprint density at radius 1 is 1.25 bits per heavy atom. The number of piperazine rings is 1. The van der Waals surface area contributed by atoms with Gasteiger partial charge in [-0.2, -0.15) is 0 Å². The van der Waals surface area contributed by atoms with E-state index in [4.69, 9.17) is 5.11 Å². The number of nitrogens with zero attached hydrogens (tertiary/aromatic N) is 6. The molecule has 2 N–H and O–H groups in total. The van der Waals surface area contributed by atoms with Crippen LogP contribution in [0.4, 0.5) is 5.82 Å². The fourth-order valence-electron chi connectivity index (χ4n) is 3.17. The second-order valence-electron chi connectivity index (χ2n) is 5.86. The Bertz CT molecular complexity index is 751. The zero-order valence-electron chi connectivity index (χ0n) is 13.9. The minimum Gasteiger partial charge on any atom is -0.478 e. The van der Waals surface area contributed by atoms with Gasteiger partial charge in [0, 0.05) is 39.3 Å². The van der Waals surface area contributed by atoms with Crippen molar-refractivity contribution >= 4 is 22.8 Å². The van der Waals surface area contributed by atoms with Gasteiger partial charge in [0.25, 0.3) is 0 Å². The number of hydrogen-bond acceptors (Lipinski definition) is 7. The van der Waals surface area contributed by atoms with Gasteiger partial charge in [0.1, 0.15) is 11.1 Å². The molecule has 2 aromatic heterocycles. The normalized spacial score (nSPS) is 16.0. The third kappa shape index (κ3) is 2.80. The molecule has 0 spiro atoms. The number of carbonyl (C=O) groups is 1. The molecule has 0 aromatic carbocycles. The summed E-state index contributed by atoms with van der Waals surface area (Å²) in [5, 5.41) is 26.9. The Morgan fingerprint density at radius 2 is 1.96 bits per heavy atom. The van der Waals surface area contributed by atoms with Gasteiger partial charge < -0.3 is 15.1 Å². The average Bonchev–Trinajstić information content (AvgIpc) is 2.98. The Morgan fingerprint density at radius 3 is 2.54 bits per heavy atom. The van der Waals surface area contributed by atoms with Crippen molar-refractivity contribution in [3.05, 3.63) is 11.3 Å². The van der Waals surface area contributed by atoms with E-state index in [0.717, 1.165) is 26.2 Å². The van der Waals surface area contributed by atoms with Crippen LogP contribution in [-0.4, -0.2) is 80.4 Å². The molecule has 3 heterocycles. The van der Waals surface area contributed by atoms with Crippen LogP contribution in [0.2, 0.25) is 0 Å². The van der Waals surface area contributed by atoms with E-state index < -0.39 is 5.97 Å². The lowest BCUT2D eigenvalue weighted by atomic mass is 10.1. The van der Waals surface area contributed by atoms with Gasteiger partial charge in [-0.05, 0) is 13.8 Å². The number of hydrogen-bond donors (Lipinski definition) is 2. The maximum absolute atomic E-state index is 11.7. The summed E-state index contributed by atoms with van der Waals surface area (Å²) in [7, 11) is 0. The van der Waals surface area contributed by atoms with E-state index in [-0.39, 0.29) is 12.2 Å². The van der Waals surface area contributed by atoms with Crippen LogP contribution in [0, 0.1) is 6.92 Å². The summed E-state index contributed by atoms with van der Waals surface area (Å²) < 4.78 is 1.61. The van der Waals surface area contributed by atoms with E-state index >= 15 is 0 Å². The van der Waals surface area contributed by atoms with Gasteiger partial charge in [-0.25, -0.2) is 14.5 Å². The highest BCUT2D eigenvalue weighted by molar-refractivity contribution is 6.04. The number of aliphatic hydroxyl groups is 1. The number of pyridine rings is 1. The maximum Gasteiger partial charge on any atom is 0.339 e. The van der Waals surface area contributed by atoms with Crippen molar-refractivity contribution in [1.29, 1.82) is 0 Å². The van der Waals surface area contributed by atoms with E-state index in [1.807, 2.05) is 6.92 Å². The molecular formula is C15H22N6O3. The van der Waals surface area contributed by atoms with Crippen LogP contribution in [0.25, 0.3) is 11.0 Å². The molecule has 0 saturated carbocycles. The predicted octanol–water partition coefficient (Wildman–Crippen LogP) is -0.0329. The lowest BCUT2D eigenvalue weighted by Gasteiger charge is -2.35. The van der Waals surface area contributed by atoms with Crippen molar-refractivity contribution in [2.45, 2.75) is 20.4 Å². The van der Waals surface area contributed by atoms with E-state index in [2.05, 4.69) is 25.1 Å². The Kier molecular flexibility index (Phi) is 4.63. The minimum atomic E-state index is -1.01. The molecule has 1 aliphatic rings. The fraction of sp³-hybridized carbons (Fsp3) is 0.600. The molecular weight excluding hydrogens is 312 g/mol. The smallest absolute Gasteiger partial charge is 0.339 e. The van der Waals surface area contributed by atoms with E-state index in [1.165, 1.54) is 0 Å². The highest BCUT2D eigenvalue weighted by atomic mass is 16.4. The third-order valence-electron chi connectivity index (χ3n) is 4.42. The molecule has 0 aliphatic carbocycles. The van der Waals surface area contributed by atoms with Crippen molar-refractivity contribution < 1.29 is 15.0 Å². The number of rotatable bonds is 5. The number of carboxylic acid groups (broad SMARTS) is 1. The predicted molar refractivity (Wildman–Crippen MR) is 88.4 cm³/mol. The first-order valence-electron chi connectivity index (χ1n) is 8.12. The molecule has 0 bridgehead atoms. The second kappa shape index (κ2) is 6.70. The second-order valence-corrected chi connectivity index (χ2v) is 5.86. The topological polar surface area (TPSA) is 108 Å². The highest BCUT2D eigenvalue weighted by Crippen LogP contribution is 2.28. The minimum absolute atomic E-state index is 0.153. The van der Waals surface area contributed by atoms with Crippen LogP contribution < -0.4 is 4.90 Å². The highest BCUT2D eigenvalue weighted by Gasteiger charge is 2.26. The molecule has 1 aliphatic heterocycles.